The fourth-order valence-corrected chi connectivity index (χ4v) is 2.23. The number of carbonyl (C=O) groups excluding carboxylic acids is 2. The first-order valence-electron chi connectivity index (χ1n) is 6.70. The van der Waals surface area contributed by atoms with Crippen molar-refractivity contribution in [2.24, 2.45) is 0 Å². The summed E-state index contributed by atoms with van der Waals surface area (Å²) in [4.78, 5) is 88.8. The summed E-state index contributed by atoms with van der Waals surface area (Å²) < 4.78 is 20.5. The SMILES string of the molecule is O.O=C(O)CN(CC(=O)O)CP(=O)(O)O.O=C(O)CNCP(=O)(O)O.O=C=O.O=CO. The molecule has 0 aromatic rings. The van der Waals surface area contributed by atoms with Gasteiger partial charge in [-0.05, 0) is 0 Å². The molecule has 184 valence electrons. The van der Waals surface area contributed by atoms with E-state index in [0.29, 0.717) is 4.90 Å². The number of carbonyl (C=O) groups is 4. The van der Waals surface area contributed by atoms with E-state index in [2.05, 4.69) is 5.32 Å². The Morgan fingerprint density at radius 3 is 1.39 bits per heavy atom. The molecule has 0 aliphatic rings. The van der Waals surface area contributed by atoms with Crippen LogP contribution in [0.2, 0.25) is 0 Å². The molecule has 0 bridgehead atoms. The molecule has 31 heavy (non-hydrogen) atoms. The third kappa shape index (κ3) is 58.4. The van der Waals surface area contributed by atoms with Crippen molar-refractivity contribution < 1.29 is 83.4 Å². The Balaban J connectivity index is -0.000000116. The van der Waals surface area contributed by atoms with Crippen molar-refractivity contribution in [3.05, 3.63) is 0 Å². The van der Waals surface area contributed by atoms with Gasteiger partial charge in [0.25, 0.3) is 6.47 Å². The highest BCUT2D eigenvalue weighted by Crippen LogP contribution is 2.34. The molecular weight excluding hydrogens is 482 g/mol. The summed E-state index contributed by atoms with van der Waals surface area (Å²) in [5.74, 6) is -3.84. The maximum Gasteiger partial charge on any atom is 0.373 e. The average Bonchev–Trinajstić information content (AvgIpc) is 2.44. The number of carboxylic acid groups (broad SMARTS) is 4. The Bertz CT molecular complexity index is 633. The summed E-state index contributed by atoms with van der Waals surface area (Å²) in [5, 5.41) is 33.6. The Hall–Kier alpha value is -2.56. The van der Waals surface area contributed by atoms with Crippen LogP contribution < -0.4 is 5.32 Å². The van der Waals surface area contributed by atoms with Crippen LogP contribution in [0.25, 0.3) is 0 Å². The van der Waals surface area contributed by atoms with Crippen molar-refractivity contribution >= 4 is 45.7 Å². The van der Waals surface area contributed by atoms with E-state index in [9.17, 15) is 23.5 Å². The average molecular weight is 504 g/mol. The minimum atomic E-state index is -4.44. The zero-order valence-electron chi connectivity index (χ0n) is 15.3. The van der Waals surface area contributed by atoms with Crippen LogP contribution in [0.1, 0.15) is 0 Å². The van der Waals surface area contributed by atoms with E-state index in [-0.39, 0.29) is 18.1 Å². The number of rotatable bonds is 10. The Morgan fingerprint density at radius 2 is 1.19 bits per heavy atom. The monoisotopic (exact) mass is 504 g/mol. The van der Waals surface area contributed by atoms with Crippen LogP contribution in [-0.2, 0) is 37.9 Å². The highest BCUT2D eigenvalue weighted by atomic mass is 31.2. The molecule has 0 rings (SSSR count). The lowest BCUT2D eigenvalue weighted by molar-refractivity contribution is -0.191. The number of nitrogens with zero attached hydrogens (tertiary/aromatic N) is 1. The minimum absolute atomic E-state index is 0. The van der Waals surface area contributed by atoms with Gasteiger partial charge in [0.15, 0.2) is 0 Å². The van der Waals surface area contributed by atoms with Crippen molar-refractivity contribution in [1.29, 1.82) is 0 Å². The smallest absolute Gasteiger partial charge is 0.373 e. The van der Waals surface area contributed by atoms with Crippen molar-refractivity contribution in [2.45, 2.75) is 0 Å². The molecular formula is C10H22N2O17P2. The van der Waals surface area contributed by atoms with Gasteiger partial charge in [-0.2, -0.15) is 9.59 Å². The molecule has 0 radical (unpaired) electrons. The molecule has 0 aromatic carbocycles. The van der Waals surface area contributed by atoms with Crippen molar-refractivity contribution in [3.63, 3.8) is 0 Å². The second-order valence-corrected chi connectivity index (χ2v) is 7.67. The van der Waals surface area contributed by atoms with E-state index in [0.717, 1.165) is 0 Å². The lowest BCUT2D eigenvalue weighted by atomic mass is 10.5. The standard InChI is InChI=1S/C5H10NO7P.C3H8NO5P.CH2O2.CO2.H2O/c7-4(8)1-6(2-5(9)10)3-14(11,12)13;5-3(6)1-4-2-10(7,8)9;2*2-1-3;/h1-3H2,(H,7,8)(H,9,10)(H2,11,12,13);4H,1-2H2,(H,5,6)(H2,7,8,9);1H,(H,2,3);;1H2. The first kappa shape index (κ1) is 39.0. The quantitative estimate of drug-likeness (QED) is 0.100. The summed E-state index contributed by atoms with van der Waals surface area (Å²) in [6, 6.07) is 0. The summed E-state index contributed by atoms with van der Waals surface area (Å²) in [7, 11) is -8.53. The van der Waals surface area contributed by atoms with Gasteiger partial charge in [0.05, 0.1) is 25.9 Å². The van der Waals surface area contributed by atoms with Crippen molar-refractivity contribution in [2.75, 3.05) is 32.2 Å². The fraction of sp³-hybridized carbons (Fsp3) is 0.500. The second kappa shape index (κ2) is 22.1. The van der Waals surface area contributed by atoms with Gasteiger partial charge < -0.3 is 45.5 Å². The Labute approximate surface area is 172 Å². The van der Waals surface area contributed by atoms with E-state index >= 15 is 0 Å². The highest BCUT2D eigenvalue weighted by Gasteiger charge is 2.22. The van der Waals surface area contributed by atoms with Gasteiger partial charge in [-0.3, -0.25) is 38.5 Å². The van der Waals surface area contributed by atoms with Crippen LogP contribution in [0.3, 0.4) is 0 Å². The molecule has 0 amide bonds. The molecule has 0 atom stereocenters. The predicted molar refractivity (Wildman–Crippen MR) is 93.6 cm³/mol. The Morgan fingerprint density at radius 1 is 0.871 bits per heavy atom. The fourth-order valence-electron chi connectivity index (χ4n) is 1.11. The number of carboxylic acids is 3. The maximum absolute atomic E-state index is 10.5. The maximum atomic E-state index is 10.5. The van der Waals surface area contributed by atoms with Crippen LogP contribution in [-0.4, -0.2) is 113 Å². The van der Waals surface area contributed by atoms with E-state index < -0.39 is 65.3 Å². The third-order valence-corrected chi connectivity index (χ3v) is 3.10. The minimum Gasteiger partial charge on any atom is -0.483 e. The summed E-state index contributed by atoms with van der Waals surface area (Å²) in [5.41, 5.74) is 0. The van der Waals surface area contributed by atoms with Gasteiger partial charge in [-0.1, -0.05) is 0 Å². The molecule has 0 spiro atoms. The van der Waals surface area contributed by atoms with Gasteiger partial charge >= 0.3 is 39.3 Å². The van der Waals surface area contributed by atoms with Gasteiger partial charge in [0, 0.05) is 0 Å². The Kier molecular flexibility index (Phi) is 27.8. The largest absolute Gasteiger partial charge is 0.483 e. The zero-order valence-corrected chi connectivity index (χ0v) is 17.1. The first-order valence-corrected chi connectivity index (χ1v) is 10.3. The lowest BCUT2D eigenvalue weighted by Crippen LogP contribution is -2.35. The van der Waals surface area contributed by atoms with Crippen molar-refractivity contribution in [1.82, 2.24) is 10.2 Å². The number of hydrogen-bond donors (Lipinski definition) is 9. The zero-order chi connectivity index (χ0) is 25.0. The van der Waals surface area contributed by atoms with E-state index in [4.69, 9.17) is 54.4 Å². The van der Waals surface area contributed by atoms with Gasteiger partial charge in [-0.15, -0.1) is 0 Å². The first-order chi connectivity index (χ1) is 13.4. The van der Waals surface area contributed by atoms with Gasteiger partial charge in [-0.25, -0.2) is 0 Å². The molecule has 0 fully saturated rings. The van der Waals surface area contributed by atoms with E-state index in [1.807, 2.05) is 0 Å². The molecule has 0 saturated carbocycles. The molecule has 21 heteroatoms. The topological polar surface area (TPSA) is 345 Å². The van der Waals surface area contributed by atoms with E-state index in [1.54, 1.807) is 0 Å². The van der Waals surface area contributed by atoms with Crippen LogP contribution in [0.4, 0.5) is 0 Å². The van der Waals surface area contributed by atoms with Crippen LogP contribution in [0, 0.1) is 0 Å². The molecule has 0 aliphatic carbocycles. The molecule has 19 nitrogen and oxygen atoms in total. The van der Waals surface area contributed by atoms with Crippen LogP contribution in [0.5, 0.6) is 0 Å². The number of hydrogen-bond acceptors (Lipinski definition) is 10. The number of nitrogens with one attached hydrogen (secondary N) is 1. The lowest BCUT2D eigenvalue weighted by Gasteiger charge is -2.17. The van der Waals surface area contributed by atoms with Crippen molar-refractivity contribution in [3.8, 4) is 0 Å². The van der Waals surface area contributed by atoms with Crippen LogP contribution >= 0.6 is 15.2 Å². The summed E-state index contributed by atoms with van der Waals surface area (Å²) in [6.45, 7) is -2.14. The molecule has 0 saturated heterocycles. The van der Waals surface area contributed by atoms with Crippen LogP contribution in [0.15, 0.2) is 0 Å². The van der Waals surface area contributed by atoms with Gasteiger partial charge in [0.1, 0.15) is 6.29 Å². The molecule has 0 heterocycles. The molecule has 0 aromatic heterocycles. The normalized spacial score (nSPS) is 9.58. The second-order valence-electron chi connectivity index (χ2n) is 4.41. The molecule has 0 unspecified atom stereocenters. The summed E-state index contributed by atoms with van der Waals surface area (Å²) >= 11 is 0. The highest BCUT2D eigenvalue weighted by molar-refractivity contribution is 7.51. The molecule has 11 N–H and O–H groups in total. The number of aliphatic carboxylic acids is 3. The summed E-state index contributed by atoms with van der Waals surface area (Å²) in [6.07, 6.45) is -1.23. The molecule has 0 aliphatic heterocycles. The predicted octanol–water partition coefficient (Wildman–Crippen LogP) is -4.32. The van der Waals surface area contributed by atoms with Gasteiger partial charge in [0.2, 0.25) is 0 Å². The van der Waals surface area contributed by atoms with E-state index in [1.165, 1.54) is 0 Å². The third-order valence-electron chi connectivity index (χ3n) is 1.70.